The van der Waals surface area contributed by atoms with Gasteiger partial charge in [0.05, 0.1) is 17.1 Å². The number of carbonyl (C=O) groups excluding carboxylic acids is 1. The third-order valence-corrected chi connectivity index (χ3v) is 5.03. The van der Waals surface area contributed by atoms with Gasteiger partial charge in [0.25, 0.3) is 5.91 Å². The Bertz CT molecular complexity index is 886. The summed E-state index contributed by atoms with van der Waals surface area (Å²) in [4.78, 5) is 12.6. The lowest BCUT2D eigenvalue weighted by atomic mass is 10.1. The van der Waals surface area contributed by atoms with Crippen molar-refractivity contribution in [3.8, 4) is 5.75 Å². The summed E-state index contributed by atoms with van der Waals surface area (Å²) < 4.78 is 33.0. The lowest BCUT2D eigenvalue weighted by Gasteiger charge is -2.20. The van der Waals surface area contributed by atoms with Crippen LogP contribution < -0.4 is 14.8 Å². The van der Waals surface area contributed by atoms with Crippen LogP contribution in [-0.2, 0) is 10.0 Å². The van der Waals surface area contributed by atoms with Crippen molar-refractivity contribution in [3.05, 3.63) is 54.1 Å². The second kappa shape index (κ2) is 7.88. The van der Waals surface area contributed by atoms with Gasteiger partial charge in [-0.05, 0) is 58.0 Å². The molecule has 2 rings (SSSR count). The summed E-state index contributed by atoms with van der Waals surface area (Å²) in [5, 5.41) is 2.72. The van der Waals surface area contributed by atoms with Crippen molar-refractivity contribution < 1.29 is 17.9 Å². The Morgan fingerprint density at radius 3 is 2.42 bits per heavy atom. The van der Waals surface area contributed by atoms with E-state index in [1.54, 1.807) is 57.2 Å². The minimum atomic E-state index is -3.68. The molecule has 7 heteroatoms. The zero-order chi connectivity index (χ0) is 19.4. The molecule has 0 aliphatic rings. The molecule has 0 aliphatic carbocycles. The largest absolute Gasteiger partial charge is 0.493 e. The fourth-order valence-electron chi connectivity index (χ4n) is 2.34. The molecular weight excluding hydrogens is 352 g/mol. The first-order chi connectivity index (χ1) is 12.1. The summed E-state index contributed by atoms with van der Waals surface area (Å²) in [6.45, 7) is 7.57. The number of para-hydroxylation sites is 1. The van der Waals surface area contributed by atoms with Crippen LogP contribution in [0.5, 0.6) is 5.75 Å². The molecule has 0 fully saturated rings. The Balaban J connectivity index is 2.25. The topological polar surface area (TPSA) is 84.5 Å². The van der Waals surface area contributed by atoms with Crippen LogP contribution in [0.25, 0.3) is 0 Å². The molecule has 0 saturated carbocycles. The molecule has 1 amide bonds. The molecule has 2 N–H and O–H groups in total. The highest BCUT2D eigenvalue weighted by Crippen LogP contribution is 2.21. The summed E-state index contributed by atoms with van der Waals surface area (Å²) in [6.07, 6.45) is 0. The molecule has 0 aliphatic heterocycles. The van der Waals surface area contributed by atoms with Crippen molar-refractivity contribution in [2.45, 2.75) is 38.1 Å². The van der Waals surface area contributed by atoms with E-state index in [-0.39, 0.29) is 10.8 Å². The minimum absolute atomic E-state index is 0.0864. The first-order valence-corrected chi connectivity index (χ1v) is 9.78. The van der Waals surface area contributed by atoms with E-state index in [1.807, 2.05) is 6.92 Å². The molecule has 26 heavy (non-hydrogen) atoms. The highest BCUT2D eigenvalue weighted by Gasteiger charge is 2.22. The highest BCUT2D eigenvalue weighted by molar-refractivity contribution is 7.89. The molecule has 0 heterocycles. The first-order valence-electron chi connectivity index (χ1n) is 8.29. The predicted molar refractivity (Wildman–Crippen MR) is 102 cm³/mol. The van der Waals surface area contributed by atoms with Gasteiger partial charge in [-0.2, -0.15) is 0 Å². The van der Waals surface area contributed by atoms with E-state index in [0.717, 1.165) is 0 Å². The molecular formula is C19H24N2O4S. The van der Waals surface area contributed by atoms with Gasteiger partial charge in [0.15, 0.2) is 0 Å². The number of anilines is 1. The van der Waals surface area contributed by atoms with Crippen LogP contribution in [0.2, 0.25) is 0 Å². The number of benzene rings is 2. The zero-order valence-electron chi connectivity index (χ0n) is 15.4. The van der Waals surface area contributed by atoms with Gasteiger partial charge in [-0.1, -0.05) is 18.2 Å². The van der Waals surface area contributed by atoms with Crippen molar-refractivity contribution in [1.29, 1.82) is 0 Å². The van der Waals surface area contributed by atoms with Crippen LogP contribution in [0, 0.1) is 0 Å². The van der Waals surface area contributed by atoms with Crippen molar-refractivity contribution in [3.63, 3.8) is 0 Å². The van der Waals surface area contributed by atoms with E-state index < -0.39 is 15.6 Å². The summed E-state index contributed by atoms with van der Waals surface area (Å²) in [6, 6.07) is 13.0. The quantitative estimate of drug-likeness (QED) is 0.809. The molecule has 2 aromatic rings. The Kier molecular flexibility index (Phi) is 6.05. The van der Waals surface area contributed by atoms with E-state index in [1.165, 1.54) is 12.1 Å². The number of rotatable bonds is 6. The standard InChI is InChI=1S/C19H24N2O4S/c1-5-25-17-12-7-6-11-16(17)18(22)20-14-9-8-10-15(13-14)26(23,24)21-19(2,3)4/h6-13,21H,5H2,1-4H3,(H,20,22). The molecule has 0 unspecified atom stereocenters. The van der Waals surface area contributed by atoms with E-state index in [9.17, 15) is 13.2 Å². The van der Waals surface area contributed by atoms with Crippen molar-refractivity contribution in [1.82, 2.24) is 4.72 Å². The van der Waals surface area contributed by atoms with Gasteiger partial charge in [-0.15, -0.1) is 0 Å². The maximum atomic E-state index is 12.5. The lowest BCUT2D eigenvalue weighted by Crippen LogP contribution is -2.40. The smallest absolute Gasteiger partial charge is 0.259 e. The highest BCUT2D eigenvalue weighted by atomic mass is 32.2. The number of nitrogens with one attached hydrogen (secondary N) is 2. The van der Waals surface area contributed by atoms with Gasteiger partial charge < -0.3 is 10.1 Å². The summed E-state index contributed by atoms with van der Waals surface area (Å²) in [7, 11) is -3.68. The SMILES string of the molecule is CCOc1ccccc1C(=O)Nc1cccc(S(=O)(=O)NC(C)(C)C)c1. The average Bonchev–Trinajstić information content (AvgIpc) is 2.54. The van der Waals surface area contributed by atoms with E-state index >= 15 is 0 Å². The fourth-order valence-corrected chi connectivity index (χ4v) is 3.80. The van der Waals surface area contributed by atoms with Crippen LogP contribution in [-0.4, -0.2) is 26.5 Å². The maximum Gasteiger partial charge on any atom is 0.259 e. The van der Waals surface area contributed by atoms with E-state index in [4.69, 9.17) is 4.74 Å². The monoisotopic (exact) mass is 376 g/mol. The van der Waals surface area contributed by atoms with Crippen LogP contribution in [0.3, 0.4) is 0 Å². The van der Waals surface area contributed by atoms with Gasteiger partial charge in [0.2, 0.25) is 10.0 Å². The Morgan fingerprint density at radius 2 is 1.77 bits per heavy atom. The molecule has 0 spiro atoms. The molecule has 0 aromatic heterocycles. The van der Waals surface area contributed by atoms with Crippen LogP contribution >= 0.6 is 0 Å². The van der Waals surface area contributed by atoms with Gasteiger partial charge in [0.1, 0.15) is 5.75 Å². The number of sulfonamides is 1. The second-order valence-electron chi connectivity index (χ2n) is 6.77. The molecule has 0 saturated heterocycles. The third kappa shape index (κ3) is 5.31. The molecule has 0 atom stereocenters. The number of hydrogen-bond acceptors (Lipinski definition) is 4. The maximum absolute atomic E-state index is 12.5. The lowest BCUT2D eigenvalue weighted by molar-refractivity contribution is 0.102. The van der Waals surface area contributed by atoms with Crippen LogP contribution in [0.15, 0.2) is 53.4 Å². The van der Waals surface area contributed by atoms with Crippen molar-refractivity contribution >= 4 is 21.6 Å². The fraction of sp³-hybridized carbons (Fsp3) is 0.316. The molecule has 6 nitrogen and oxygen atoms in total. The van der Waals surface area contributed by atoms with E-state index in [0.29, 0.717) is 23.6 Å². The number of carbonyl (C=O) groups is 1. The molecule has 140 valence electrons. The normalized spacial score (nSPS) is 11.8. The van der Waals surface area contributed by atoms with Gasteiger partial charge in [-0.25, -0.2) is 13.1 Å². The van der Waals surface area contributed by atoms with Crippen molar-refractivity contribution in [2.24, 2.45) is 0 Å². The number of ether oxygens (including phenoxy) is 1. The molecule has 0 bridgehead atoms. The Labute approximate surface area is 154 Å². The third-order valence-electron chi connectivity index (χ3n) is 3.27. The summed E-state index contributed by atoms with van der Waals surface area (Å²) in [5.74, 6) is 0.109. The molecule has 0 radical (unpaired) electrons. The molecule has 2 aromatic carbocycles. The Hall–Kier alpha value is -2.38. The van der Waals surface area contributed by atoms with Gasteiger partial charge in [0, 0.05) is 11.2 Å². The number of amides is 1. The average molecular weight is 376 g/mol. The Morgan fingerprint density at radius 1 is 1.08 bits per heavy atom. The zero-order valence-corrected chi connectivity index (χ0v) is 16.2. The minimum Gasteiger partial charge on any atom is -0.493 e. The van der Waals surface area contributed by atoms with Crippen LogP contribution in [0.4, 0.5) is 5.69 Å². The van der Waals surface area contributed by atoms with Gasteiger partial charge in [-0.3, -0.25) is 4.79 Å². The van der Waals surface area contributed by atoms with Crippen LogP contribution in [0.1, 0.15) is 38.1 Å². The van der Waals surface area contributed by atoms with Gasteiger partial charge >= 0.3 is 0 Å². The predicted octanol–water partition coefficient (Wildman–Crippen LogP) is 3.41. The summed E-state index contributed by atoms with van der Waals surface area (Å²) >= 11 is 0. The summed E-state index contributed by atoms with van der Waals surface area (Å²) in [5.41, 5.74) is 0.169. The second-order valence-corrected chi connectivity index (χ2v) is 8.45. The first kappa shape index (κ1) is 19.9. The van der Waals surface area contributed by atoms with E-state index in [2.05, 4.69) is 10.0 Å². The van der Waals surface area contributed by atoms with Crippen molar-refractivity contribution in [2.75, 3.05) is 11.9 Å². The number of hydrogen-bond donors (Lipinski definition) is 2.